The van der Waals surface area contributed by atoms with Gasteiger partial charge in [0.2, 0.25) is 10.0 Å². The maximum Gasteiger partial charge on any atom is 0.258 e. The Bertz CT molecular complexity index is 933. The van der Waals surface area contributed by atoms with Crippen LogP contribution in [0.25, 0.3) is 0 Å². The van der Waals surface area contributed by atoms with Crippen LogP contribution in [0.15, 0.2) is 48.5 Å². The number of benzene rings is 2. The summed E-state index contributed by atoms with van der Waals surface area (Å²) in [5, 5.41) is 2.73. The van der Waals surface area contributed by atoms with E-state index in [9.17, 15) is 13.2 Å². The fourth-order valence-corrected chi connectivity index (χ4v) is 3.06. The van der Waals surface area contributed by atoms with Crippen molar-refractivity contribution in [3.63, 3.8) is 0 Å². The lowest BCUT2D eigenvalue weighted by molar-refractivity contribution is -0.123. The molecular formula is C22H30N2O5S. The first-order chi connectivity index (χ1) is 14.0. The molecule has 0 spiro atoms. The lowest BCUT2D eigenvalue weighted by atomic mass is 9.87. The van der Waals surface area contributed by atoms with E-state index in [4.69, 9.17) is 9.47 Å². The fourth-order valence-electron chi connectivity index (χ4n) is 2.55. The highest BCUT2D eigenvalue weighted by molar-refractivity contribution is 7.92. The van der Waals surface area contributed by atoms with Crippen LogP contribution in [0.2, 0.25) is 0 Å². The molecule has 0 saturated carbocycles. The van der Waals surface area contributed by atoms with Gasteiger partial charge in [-0.05, 0) is 47.4 Å². The molecule has 1 amide bonds. The molecule has 0 heterocycles. The molecule has 0 aromatic heterocycles. The molecule has 7 nitrogen and oxygen atoms in total. The number of carbonyl (C=O) groups is 1. The van der Waals surface area contributed by atoms with Gasteiger partial charge >= 0.3 is 0 Å². The van der Waals surface area contributed by atoms with Crippen molar-refractivity contribution < 1.29 is 22.7 Å². The first kappa shape index (κ1) is 23.5. The summed E-state index contributed by atoms with van der Waals surface area (Å²) in [7, 11) is -1.85. The lowest BCUT2D eigenvalue weighted by Gasteiger charge is -2.19. The first-order valence-corrected chi connectivity index (χ1v) is 11.5. The molecule has 0 aliphatic carbocycles. The van der Waals surface area contributed by atoms with Gasteiger partial charge in [0.25, 0.3) is 5.91 Å². The van der Waals surface area contributed by atoms with Crippen molar-refractivity contribution in [3.05, 3.63) is 54.1 Å². The largest absolute Gasteiger partial charge is 0.492 e. The number of nitrogens with zero attached hydrogens (tertiary/aromatic N) is 1. The van der Waals surface area contributed by atoms with Gasteiger partial charge in [0.1, 0.15) is 18.1 Å². The molecule has 164 valence electrons. The van der Waals surface area contributed by atoms with Crippen LogP contribution in [-0.2, 0) is 20.2 Å². The molecule has 2 aromatic carbocycles. The summed E-state index contributed by atoms with van der Waals surface area (Å²) in [4.78, 5) is 11.9. The number of hydrogen-bond donors (Lipinski definition) is 1. The maximum absolute atomic E-state index is 11.9. The van der Waals surface area contributed by atoms with Crippen molar-refractivity contribution in [2.24, 2.45) is 0 Å². The Morgan fingerprint density at radius 1 is 0.967 bits per heavy atom. The third-order valence-electron chi connectivity index (χ3n) is 4.48. The monoisotopic (exact) mass is 434 g/mol. The lowest BCUT2D eigenvalue weighted by Crippen LogP contribution is -2.32. The normalized spacial score (nSPS) is 11.6. The minimum atomic E-state index is -3.32. The Hall–Kier alpha value is -2.74. The second-order valence-electron chi connectivity index (χ2n) is 7.99. The Kier molecular flexibility index (Phi) is 7.72. The number of anilines is 1. The van der Waals surface area contributed by atoms with Gasteiger partial charge in [-0.25, -0.2) is 8.42 Å². The Morgan fingerprint density at radius 3 is 2.03 bits per heavy atom. The van der Waals surface area contributed by atoms with Crippen LogP contribution < -0.4 is 19.1 Å². The molecule has 2 aromatic rings. The number of nitrogens with one attached hydrogen (secondary N) is 1. The van der Waals surface area contributed by atoms with Crippen molar-refractivity contribution >= 4 is 21.6 Å². The number of hydrogen-bond acceptors (Lipinski definition) is 5. The second-order valence-corrected chi connectivity index (χ2v) is 10.00. The maximum atomic E-state index is 11.9. The Morgan fingerprint density at radius 2 is 1.50 bits per heavy atom. The third kappa shape index (κ3) is 7.26. The Labute approximate surface area is 179 Å². The quantitative estimate of drug-likeness (QED) is 0.614. The molecule has 2 rings (SSSR count). The first-order valence-electron chi connectivity index (χ1n) is 9.63. The number of amides is 1. The van der Waals surface area contributed by atoms with Gasteiger partial charge in [-0.2, -0.15) is 0 Å². The van der Waals surface area contributed by atoms with Crippen LogP contribution in [0.4, 0.5) is 5.69 Å². The molecule has 0 aliphatic heterocycles. The minimum Gasteiger partial charge on any atom is -0.492 e. The number of sulfonamides is 1. The van der Waals surface area contributed by atoms with Gasteiger partial charge < -0.3 is 14.8 Å². The topological polar surface area (TPSA) is 84.9 Å². The molecule has 1 N–H and O–H groups in total. The van der Waals surface area contributed by atoms with E-state index >= 15 is 0 Å². The summed E-state index contributed by atoms with van der Waals surface area (Å²) in [6, 6.07) is 14.4. The standard InChI is InChI=1S/C22H30N2O5S/c1-22(2,3)17-6-10-19(11-7-17)28-15-14-23-21(25)16-29-20-12-8-18(9-13-20)24(4)30(5,26)27/h6-13H,14-16H2,1-5H3,(H,23,25). The van der Waals surface area contributed by atoms with E-state index in [2.05, 4.69) is 26.1 Å². The summed E-state index contributed by atoms with van der Waals surface area (Å²) in [6.07, 6.45) is 1.13. The van der Waals surface area contributed by atoms with Gasteiger partial charge in [-0.1, -0.05) is 32.9 Å². The van der Waals surface area contributed by atoms with Crippen molar-refractivity contribution in [1.82, 2.24) is 5.32 Å². The molecular weight excluding hydrogens is 404 g/mol. The summed E-state index contributed by atoms with van der Waals surface area (Å²) in [6.45, 7) is 7.05. The van der Waals surface area contributed by atoms with E-state index in [-0.39, 0.29) is 17.9 Å². The van der Waals surface area contributed by atoms with E-state index in [0.717, 1.165) is 12.0 Å². The SMILES string of the molecule is CN(c1ccc(OCC(=O)NCCOc2ccc(C(C)(C)C)cc2)cc1)S(C)(=O)=O. The molecule has 0 fully saturated rings. The van der Waals surface area contributed by atoms with Crippen molar-refractivity contribution in [3.8, 4) is 11.5 Å². The Balaban J connectivity index is 1.70. The molecule has 30 heavy (non-hydrogen) atoms. The van der Waals surface area contributed by atoms with Gasteiger partial charge in [0, 0.05) is 7.05 Å². The molecule has 8 heteroatoms. The highest BCUT2D eigenvalue weighted by Gasteiger charge is 2.13. The zero-order valence-electron chi connectivity index (χ0n) is 18.1. The van der Waals surface area contributed by atoms with Crippen LogP contribution in [0, 0.1) is 0 Å². The van der Waals surface area contributed by atoms with Crippen LogP contribution in [0.1, 0.15) is 26.3 Å². The zero-order chi connectivity index (χ0) is 22.4. The van der Waals surface area contributed by atoms with Gasteiger partial charge in [0.15, 0.2) is 6.61 Å². The van der Waals surface area contributed by atoms with Crippen LogP contribution in [0.3, 0.4) is 0 Å². The number of ether oxygens (including phenoxy) is 2. The molecule has 0 atom stereocenters. The number of rotatable bonds is 9. The van der Waals surface area contributed by atoms with E-state index in [1.165, 1.54) is 16.9 Å². The minimum absolute atomic E-state index is 0.0937. The van der Waals surface area contributed by atoms with E-state index < -0.39 is 10.0 Å². The molecule has 0 bridgehead atoms. The summed E-state index contributed by atoms with van der Waals surface area (Å²) in [5.74, 6) is 0.970. The zero-order valence-corrected chi connectivity index (χ0v) is 19.0. The molecule has 0 radical (unpaired) electrons. The second kappa shape index (κ2) is 9.84. The van der Waals surface area contributed by atoms with Gasteiger partial charge in [-0.15, -0.1) is 0 Å². The van der Waals surface area contributed by atoms with Crippen LogP contribution in [-0.4, -0.2) is 47.4 Å². The highest BCUT2D eigenvalue weighted by Crippen LogP contribution is 2.24. The highest BCUT2D eigenvalue weighted by atomic mass is 32.2. The van der Waals surface area contributed by atoms with Crippen LogP contribution in [0.5, 0.6) is 11.5 Å². The predicted octanol–water partition coefficient (Wildman–Crippen LogP) is 2.95. The number of carbonyl (C=O) groups excluding carboxylic acids is 1. The molecule has 0 unspecified atom stereocenters. The van der Waals surface area contributed by atoms with E-state index in [1.807, 2.05) is 24.3 Å². The fraction of sp³-hybridized carbons (Fsp3) is 0.409. The molecule has 0 aliphatic rings. The average molecular weight is 435 g/mol. The third-order valence-corrected chi connectivity index (χ3v) is 5.69. The van der Waals surface area contributed by atoms with Crippen molar-refractivity contribution in [2.45, 2.75) is 26.2 Å². The van der Waals surface area contributed by atoms with E-state index in [1.54, 1.807) is 24.3 Å². The summed E-state index contributed by atoms with van der Waals surface area (Å²) in [5.41, 5.74) is 1.84. The van der Waals surface area contributed by atoms with Crippen molar-refractivity contribution in [1.29, 1.82) is 0 Å². The molecule has 0 saturated heterocycles. The van der Waals surface area contributed by atoms with Crippen molar-refractivity contribution in [2.75, 3.05) is 37.4 Å². The van der Waals surface area contributed by atoms with E-state index in [0.29, 0.717) is 24.6 Å². The van der Waals surface area contributed by atoms with Gasteiger partial charge in [-0.3, -0.25) is 9.10 Å². The van der Waals surface area contributed by atoms with Crippen LogP contribution >= 0.6 is 0 Å². The van der Waals surface area contributed by atoms with Gasteiger partial charge in [0.05, 0.1) is 18.5 Å². The average Bonchev–Trinajstić information content (AvgIpc) is 2.68. The predicted molar refractivity (Wildman–Crippen MR) is 119 cm³/mol. The smallest absolute Gasteiger partial charge is 0.258 e. The summed E-state index contributed by atoms with van der Waals surface area (Å²) < 4.78 is 35.3. The summed E-state index contributed by atoms with van der Waals surface area (Å²) >= 11 is 0.